The van der Waals surface area contributed by atoms with E-state index in [-0.39, 0.29) is 6.04 Å². The van der Waals surface area contributed by atoms with E-state index in [0.717, 1.165) is 17.7 Å². The summed E-state index contributed by atoms with van der Waals surface area (Å²) in [5.74, 6) is 0.849. The van der Waals surface area contributed by atoms with Crippen LogP contribution in [-0.4, -0.2) is 33.5 Å². The molecule has 0 radical (unpaired) electrons. The lowest BCUT2D eigenvalue weighted by Crippen LogP contribution is -2.14. The fraction of sp³-hybridized carbons (Fsp3) is 0.571. The van der Waals surface area contributed by atoms with E-state index in [2.05, 4.69) is 6.92 Å². The van der Waals surface area contributed by atoms with Gasteiger partial charge in [-0.2, -0.15) is 0 Å². The Balaban J connectivity index is 2.37. The van der Waals surface area contributed by atoms with Gasteiger partial charge in [-0.05, 0) is 12.5 Å². The highest BCUT2D eigenvalue weighted by atomic mass is 16.5. The SMILES string of the molecule is CC[C@@H](N)c1ccccc1OCCOCCOC. The quantitative estimate of drug-likeness (QED) is 0.685. The number of nitrogens with two attached hydrogens (primary N) is 1. The van der Waals surface area contributed by atoms with E-state index in [1.54, 1.807) is 7.11 Å². The van der Waals surface area contributed by atoms with Crippen molar-refractivity contribution in [1.82, 2.24) is 0 Å². The first-order valence-corrected chi connectivity index (χ1v) is 6.33. The Hall–Kier alpha value is -1.10. The summed E-state index contributed by atoms with van der Waals surface area (Å²) < 4.78 is 15.9. The van der Waals surface area contributed by atoms with Crippen molar-refractivity contribution in [3.05, 3.63) is 29.8 Å². The molecule has 0 saturated heterocycles. The van der Waals surface area contributed by atoms with Crippen LogP contribution in [0, 0.1) is 0 Å². The minimum Gasteiger partial charge on any atom is -0.491 e. The average molecular weight is 253 g/mol. The maximum atomic E-state index is 6.04. The van der Waals surface area contributed by atoms with Gasteiger partial charge < -0.3 is 19.9 Å². The van der Waals surface area contributed by atoms with E-state index < -0.39 is 0 Å². The van der Waals surface area contributed by atoms with Crippen LogP contribution in [0.5, 0.6) is 5.75 Å². The molecular weight excluding hydrogens is 230 g/mol. The van der Waals surface area contributed by atoms with Crippen LogP contribution in [0.15, 0.2) is 24.3 Å². The van der Waals surface area contributed by atoms with Crippen LogP contribution in [0.25, 0.3) is 0 Å². The van der Waals surface area contributed by atoms with Gasteiger partial charge in [0.05, 0.1) is 19.8 Å². The van der Waals surface area contributed by atoms with Gasteiger partial charge in [0, 0.05) is 18.7 Å². The normalized spacial score (nSPS) is 12.4. The molecule has 0 aromatic heterocycles. The number of benzene rings is 1. The van der Waals surface area contributed by atoms with Crippen molar-refractivity contribution >= 4 is 0 Å². The van der Waals surface area contributed by atoms with Gasteiger partial charge in [0.1, 0.15) is 12.4 Å². The van der Waals surface area contributed by atoms with Crippen LogP contribution in [0.4, 0.5) is 0 Å². The fourth-order valence-corrected chi connectivity index (χ4v) is 1.59. The second-order valence-electron chi connectivity index (χ2n) is 4.01. The molecule has 0 spiro atoms. The molecule has 4 nitrogen and oxygen atoms in total. The van der Waals surface area contributed by atoms with Crippen molar-refractivity contribution in [3.8, 4) is 5.75 Å². The van der Waals surface area contributed by atoms with Crippen LogP contribution in [0.2, 0.25) is 0 Å². The standard InChI is InChI=1S/C14H23NO3/c1-3-13(15)12-6-4-5-7-14(12)18-11-10-17-9-8-16-2/h4-7,13H,3,8-11,15H2,1-2H3/t13-/m1/s1. The summed E-state index contributed by atoms with van der Waals surface area (Å²) in [4.78, 5) is 0. The first-order chi connectivity index (χ1) is 8.79. The van der Waals surface area contributed by atoms with E-state index in [1.807, 2.05) is 24.3 Å². The maximum absolute atomic E-state index is 6.04. The zero-order valence-corrected chi connectivity index (χ0v) is 11.2. The monoisotopic (exact) mass is 253 g/mol. The number of rotatable bonds is 9. The van der Waals surface area contributed by atoms with E-state index >= 15 is 0 Å². The molecule has 4 heteroatoms. The number of para-hydroxylation sites is 1. The molecule has 0 amide bonds. The van der Waals surface area contributed by atoms with Gasteiger partial charge in [0.25, 0.3) is 0 Å². The zero-order valence-electron chi connectivity index (χ0n) is 11.2. The van der Waals surface area contributed by atoms with Gasteiger partial charge in [0.2, 0.25) is 0 Å². The van der Waals surface area contributed by atoms with Crippen molar-refractivity contribution in [2.24, 2.45) is 5.73 Å². The lowest BCUT2D eigenvalue weighted by atomic mass is 10.0. The summed E-state index contributed by atoms with van der Waals surface area (Å²) >= 11 is 0. The number of ether oxygens (including phenoxy) is 3. The van der Waals surface area contributed by atoms with Crippen LogP contribution >= 0.6 is 0 Å². The molecule has 0 saturated carbocycles. The highest BCUT2D eigenvalue weighted by molar-refractivity contribution is 5.35. The van der Waals surface area contributed by atoms with Gasteiger partial charge in [-0.1, -0.05) is 25.1 Å². The highest BCUT2D eigenvalue weighted by Crippen LogP contribution is 2.25. The zero-order chi connectivity index (χ0) is 13.2. The lowest BCUT2D eigenvalue weighted by Gasteiger charge is -2.15. The molecule has 0 fully saturated rings. The van der Waals surface area contributed by atoms with Gasteiger partial charge in [-0.15, -0.1) is 0 Å². The summed E-state index contributed by atoms with van der Waals surface area (Å²) in [7, 11) is 1.66. The van der Waals surface area contributed by atoms with Gasteiger partial charge in [0.15, 0.2) is 0 Å². The van der Waals surface area contributed by atoms with Crippen molar-refractivity contribution in [2.75, 3.05) is 33.5 Å². The van der Waals surface area contributed by atoms with Crippen molar-refractivity contribution < 1.29 is 14.2 Å². The Kier molecular flexibility index (Phi) is 7.41. The molecule has 1 aromatic carbocycles. The van der Waals surface area contributed by atoms with Crippen LogP contribution in [0.1, 0.15) is 24.9 Å². The summed E-state index contributed by atoms with van der Waals surface area (Å²) in [6.07, 6.45) is 0.894. The van der Waals surface area contributed by atoms with Gasteiger partial charge in [-0.25, -0.2) is 0 Å². The van der Waals surface area contributed by atoms with E-state index in [1.165, 1.54) is 0 Å². The summed E-state index contributed by atoms with van der Waals surface area (Å²) in [6.45, 7) is 4.35. The first-order valence-electron chi connectivity index (χ1n) is 6.33. The molecule has 1 atom stereocenters. The summed E-state index contributed by atoms with van der Waals surface area (Å²) in [5.41, 5.74) is 7.09. The van der Waals surface area contributed by atoms with Gasteiger partial charge >= 0.3 is 0 Å². The smallest absolute Gasteiger partial charge is 0.124 e. The topological polar surface area (TPSA) is 53.7 Å². The maximum Gasteiger partial charge on any atom is 0.124 e. The predicted molar refractivity (Wildman–Crippen MR) is 71.9 cm³/mol. The minimum absolute atomic E-state index is 0.0237. The van der Waals surface area contributed by atoms with E-state index in [9.17, 15) is 0 Å². The Morgan fingerprint density at radius 3 is 2.56 bits per heavy atom. The number of hydrogen-bond acceptors (Lipinski definition) is 4. The third kappa shape index (κ3) is 5.04. The highest BCUT2D eigenvalue weighted by Gasteiger charge is 2.09. The van der Waals surface area contributed by atoms with Crippen molar-refractivity contribution in [1.29, 1.82) is 0 Å². The minimum atomic E-state index is 0.0237. The molecule has 0 aliphatic heterocycles. The van der Waals surface area contributed by atoms with Crippen LogP contribution < -0.4 is 10.5 Å². The van der Waals surface area contributed by atoms with E-state index in [0.29, 0.717) is 26.4 Å². The third-order valence-corrected chi connectivity index (χ3v) is 2.68. The molecule has 0 heterocycles. The molecule has 2 N–H and O–H groups in total. The molecule has 0 bridgehead atoms. The predicted octanol–water partition coefficient (Wildman–Crippen LogP) is 2.14. The first kappa shape index (κ1) is 15.0. The van der Waals surface area contributed by atoms with E-state index in [4.69, 9.17) is 19.9 Å². The second kappa shape index (κ2) is 8.91. The molecule has 0 unspecified atom stereocenters. The molecule has 0 aliphatic carbocycles. The van der Waals surface area contributed by atoms with Crippen LogP contribution in [0.3, 0.4) is 0 Å². The number of methoxy groups -OCH3 is 1. The Morgan fingerprint density at radius 1 is 1.11 bits per heavy atom. The van der Waals surface area contributed by atoms with Gasteiger partial charge in [-0.3, -0.25) is 0 Å². The Bertz CT molecular complexity index is 331. The molecule has 1 aromatic rings. The van der Waals surface area contributed by atoms with Crippen molar-refractivity contribution in [2.45, 2.75) is 19.4 Å². The van der Waals surface area contributed by atoms with Crippen molar-refractivity contribution in [3.63, 3.8) is 0 Å². The average Bonchev–Trinajstić information content (AvgIpc) is 2.42. The fourth-order valence-electron chi connectivity index (χ4n) is 1.59. The van der Waals surface area contributed by atoms with Crippen LogP contribution in [-0.2, 0) is 9.47 Å². The molecule has 0 aliphatic rings. The summed E-state index contributed by atoms with van der Waals surface area (Å²) in [5, 5.41) is 0. The molecular formula is C14H23NO3. The number of hydrogen-bond donors (Lipinski definition) is 1. The second-order valence-corrected chi connectivity index (χ2v) is 4.01. The molecule has 1 rings (SSSR count). The third-order valence-electron chi connectivity index (χ3n) is 2.68. The lowest BCUT2D eigenvalue weighted by molar-refractivity contribution is 0.0542. The Labute approximate surface area is 109 Å². The Morgan fingerprint density at radius 2 is 1.83 bits per heavy atom. The summed E-state index contributed by atoms with van der Waals surface area (Å²) in [6, 6.07) is 7.91. The largest absolute Gasteiger partial charge is 0.491 e. The molecule has 18 heavy (non-hydrogen) atoms. The molecule has 102 valence electrons.